The van der Waals surface area contributed by atoms with Crippen LogP contribution in [0.3, 0.4) is 0 Å². The minimum atomic E-state index is 0.599. The van der Waals surface area contributed by atoms with E-state index >= 15 is 0 Å². The van der Waals surface area contributed by atoms with Crippen LogP contribution in [-0.2, 0) is 7.05 Å². The van der Waals surface area contributed by atoms with Gasteiger partial charge in [-0.3, -0.25) is 4.68 Å². The highest BCUT2D eigenvalue weighted by Gasteiger charge is 2.48. The topological polar surface area (TPSA) is 64.9 Å². The number of nitrogens with zero attached hydrogens (tertiary/aromatic N) is 4. The first-order valence-corrected chi connectivity index (χ1v) is 7.81. The summed E-state index contributed by atoms with van der Waals surface area (Å²) >= 11 is 0. The number of hydrogen-bond donors (Lipinski definition) is 1. The number of ether oxygens (including phenoxy) is 1. The zero-order valence-corrected chi connectivity index (χ0v) is 13.0. The van der Waals surface area contributed by atoms with Gasteiger partial charge in [-0.1, -0.05) is 0 Å². The van der Waals surface area contributed by atoms with Gasteiger partial charge in [-0.2, -0.15) is 5.10 Å². The largest absolute Gasteiger partial charge is 0.476 e. The molecule has 22 heavy (non-hydrogen) atoms. The normalized spacial score (nSPS) is 19.7. The molecule has 2 aliphatic rings. The van der Waals surface area contributed by atoms with Crippen LogP contribution >= 0.6 is 0 Å². The molecule has 0 amide bonds. The fourth-order valence-corrected chi connectivity index (χ4v) is 3.65. The second-order valence-electron chi connectivity index (χ2n) is 6.75. The first-order valence-electron chi connectivity index (χ1n) is 7.81. The van der Waals surface area contributed by atoms with Crippen LogP contribution in [0.5, 0.6) is 5.88 Å². The summed E-state index contributed by atoms with van der Waals surface area (Å²) in [7, 11) is 1.91. The van der Waals surface area contributed by atoms with Crippen LogP contribution in [-0.4, -0.2) is 39.7 Å². The quantitative estimate of drug-likeness (QED) is 0.928. The lowest BCUT2D eigenvalue weighted by atomic mass is 9.59. The van der Waals surface area contributed by atoms with E-state index in [1.165, 1.54) is 25.9 Å². The fourth-order valence-electron chi connectivity index (χ4n) is 3.65. The molecule has 3 heterocycles. The zero-order chi connectivity index (χ0) is 15.2. The van der Waals surface area contributed by atoms with Crippen molar-refractivity contribution in [3.63, 3.8) is 0 Å². The minimum Gasteiger partial charge on any atom is -0.476 e. The molecular formula is C16H21N5O. The maximum Gasteiger partial charge on any atom is 0.233 e. The van der Waals surface area contributed by atoms with Crippen LogP contribution in [0.4, 0.5) is 0 Å². The highest BCUT2D eigenvalue weighted by atomic mass is 16.5. The molecule has 0 unspecified atom stereocenters. The lowest BCUT2D eigenvalue weighted by Gasteiger charge is -2.54. The van der Waals surface area contributed by atoms with Gasteiger partial charge in [-0.25, -0.2) is 0 Å². The summed E-state index contributed by atoms with van der Waals surface area (Å²) in [6.45, 7) is 5.09. The van der Waals surface area contributed by atoms with Gasteiger partial charge in [-0.15, -0.1) is 10.2 Å². The monoisotopic (exact) mass is 299 g/mol. The van der Waals surface area contributed by atoms with E-state index in [1.54, 1.807) is 4.68 Å². The third-order valence-electron chi connectivity index (χ3n) is 4.84. The summed E-state index contributed by atoms with van der Waals surface area (Å²) in [5, 5.41) is 16.1. The van der Waals surface area contributed by atoms with Crippen LogP contribution in [0, 0.1) is 18.3 Å². The molecule has 1 aliphatic heterocycles. The van der Waals surface area contributed by atoms with Crippen LogP contribution in [0.2, 0.25) is 0 Å². The Morgan fingerprint density at radius 1 is 1.32 bits per heavy atom. The van der Waals surface area contributed by atoms with Gasteiger partial charge in [0, 0.05) is 38.0 Å². The van der Waals surface area contributed by atoms with Crippen molar-refractivity contribution < 1.29 is 4.74 Å². The van der Waals surface area contributed by atoms with E-state index in [4.69, 9.17) is 4.74 Å². The lowest BCUT2D eigenvalue weighted by molar-refractivity contribution is -0.0207. The Labute approximate surface area is 129 Å². The van der Waals surface area contributed by atoms with Crippen LogP contribution < -0.4 is 10.1 Å². The maximum absolute atomic E-state index is 5.78. The Kier molecular flexibility index (Phi) is 3.14. The fraction of sp³-hybridized carbons (Fsp3) is 0.562. The zero-order valence-electron chi connectivity index (χ0n) is 13.0. The van der Waals surface area contributed by atoms with E-state index in [0.717, 1.165) is 23.6 Å². The summed E-state index contributed by atoms with van der Waals surface area (Å²) in [5.41, 5.74) is 3.40. The third kappa shape index (κ3) is 2.37. The van der Waals surface area contributed by atoms with Crippen molar-refractivity contribution in [3.05, 3.63) is 24.0 Å². The second kappa shape index (κ2) is 5.05. The molecule has 2 aromatic heterocycles. The molecule has 6 heteroatoms. The van der Waals surface area contributed by atoms with Gasteiger partial charge in [0.15, 0.2) is 0 Å². The lowest BCUT2D eigenvalue weighted by Crippen LogP contribution is -2.60. The highest BCUT2D eigenvalue weighted by molar-refractivity contribution is 5.60. The molecule has 1 saturated heterocycles. The summed E-state index contributed by atoms with van der Waals surface area (Å²) in [6, 6.07) is 3.85. The van der Waals surface area contributed by atoms with Crippen molar-refractivity contribution in [1.29, 1.82) is 0 Å². The van der Waals surface area contributed by atoms with Gasteiger partial charge in [0.25, 0.3) is 0 Å². The molecule has 0 atom stereocenters. The van der Waals surface area contributed by atoms with Gasteiger partial charge in [0.1, 0.15) is 0 Å². The van der Waals surface area contributed by atoms with Crippen LogP contribution in [0.25, 0.3) is 11.3 Å². The molecule has 1 N–H and O–H groups in total. The predicted octanol–water partition coefficient (Wildman–Crippen LogP) is 1.56. The molecule has 2 aromatic rings. The molecule has 1 saturated carbocycles. The van der Waals surface area contributed by atoms with E-state index in [9.17, 15) is 0 Å². The Balaban J connectivity index is 1.35. The van der Waals surface area contributed by atoms with E-state index < -0.39 is 0 Å². The SMILES string of the molecule is Cc1nn(C)cc1-c1ccc(OCC2CC3(CNC3)C2)nn1. The molecule has 0 aromatic carbocycles. The molecule has 4 rings (SSSR count). The number of nitrogens with one attached hydrogen (secondary N) is 1. The summed E-state index contributed by atoms with van der Waals surface area (Å²) in [4.78, 5) is 0. The van der Waals surface area contributed by atoms with Crippen LogP contribution in [0.15, 0.2) is 18.3 Å². The van der Waals surface area contributed by atoms with Crippen molar-refractivity contribution in [1.82, 2.24) is 25.3 Å². The van der Waals surface area contributed by atoms with E-state index in [2.05, 4.69) is 20.6 Å². The minimum absolute atomic E-state index is 0.599. The molecule has 0 bridgehead atoms. The predicted molar refractivity (Wildman–Crippen MR) is 82.5 cm³/mol. The molecule has 6 nitrogen and oxygen atoms in total. The van der Waals surface area contributed by atoms with Crippen molar-refractivity contribution in [2.75, 3.05) is 19.7 Å². The molecule has 1 spiro atoms. The summed E-state index contributed by atoms with van der Waals surface area (Å²) in [6.07, 6.45) is 4.52. The maximum atomic E-state index is 5.78. The number of rotatable bonds is 4. The Morgan fingerprint density at radius 2 is 2.14 bits per heavy atom. The molecule has 116 valence electrons. The van der Waals surface area contributed by atoms with Crippen molar-refractivity contribution >= 4 is 0 Å². The van der Waals surface area contributed by atoms with E-state index in [1.807, 2.05) is 32.3 Å². The first kappa shape index (κ1) is 13.7. The van der Waals surface area contributed by atoms with Crippen molar-refractivity contribution in [3.8, 4) is 17.1 Å². The van der Waals surface area contributed by atoms with E-state index in [-0.39, 0.29) is 0 Å². The van der Waals surface area contributed by atoms with Crippen LogP contribution in [0.1, 0.15) is 18.5 Å². The Morgan fingerprint density at radius 3 is 2.68 bits per heavy atom. The highest BCUT2D eigenvalue weighted by Crippen LogP contribution is 2.48. The molecule has 1 aliphatic carbocycles. The number of hydrogen-bond acceptors (Lipinski definition) is 5. The standard InChI is InChI=1S/C16H21N5O/c1-11-13(7-21(2)20-11)14-3-4-15(19-18-14)22-8-12-5-16(6-12)9-17-10-16/h3-4,7,12,17H,5-6,8-10H2,1-2H3. The Hall–Kier alpha value is -1.95. The average Bonchev–Trinajstić information content (AvgIpc) is 2.75. The van der Waals surface area contributed by atoms with Crippen molar-refractivity contribution in [2.24, 2.45) is 18.4 Å². The summed E-state index contributed by atoms with van der Waals surface area (Å²) < 4.78 is 7.57. The van der Waals surface area contributed by atoms with Gasteiger partial charge < -0.3 is 10.1 Å². The average molecular weight is 299 g/mol. The van der Waals surface area contributed by atoms with Crippen molar-refractivity contribution in [2.45, 2.75) is 19.8 Å². The Bertz CT molecular complexity index is 666. The van der Waals surface area contributed by atoms with Gasteiger partial charge in [0.05, 0.1) is 18.0 Å². The smallest absolute Gasteiger partial charge is 0.233 e. The molecule has 2 fully saturated rings. The second-order valence-corrected chi connectivity index (χ2v) is 6.75. The van der Waals surface area contributed by atoms with Gasteiger partial charge in [-0.05, 0) is 37.2 Å². The van der Waals surface area contributed by atoms with Gasteiger partial charge in [0.2, 0.25) is 5.88 Å². The number of aromatic nitrogens is 4. The molecule has 0 radical (unpaired) electrons. The summed E-state index contributed by atoms with van der Waals surface area (Å²) in [5.74, 6) is 1.28. The third-order valence-corrected chi connectivity index (χ3v) is 4.84. The van der Waals surface area contributed by atoms with E-state index in [0.29, 0.717) is 17.2 Å². The first-order chi connectivity index (χ1) is 10.6. The molecular weight excluding hydrogens is 278 g/mol. The number of aryl methyl sites for hydroxylation is 2. The van der Waals surface area contributed by atoms with Gasteiger partial charge >= 0.3 is 0 Å².